The number of hydrogen-bond donors (Lipinski definition) is 3. The minimum absolute atomic E-state index is 0.355. The molecule has 0 bridgehead atoms. The van der Waals surface area contributed by atoms with Crippen LogP contribution in [0.15, 0.2) is 0 Å². The highest BCUT2D eigenvalue weighted by molar-refractivity contribution is 5.79. The average molecular weight is 134 g/mol. The highest BCUT2D eigenvalue weighted by Gasteiger charge is 2.49. The lowest BCUT2D eigenvalue weighted by Crippen LogP contribution is -2.43. The van der Waals surface area contributed by atoms with Gasteiger partial charge in [-0.3, -0.25) is 0 Å². The number of aliphatic hydroxyl groups excluding tert-OH is 1. The Bertz CT molecular complexity index is 140. The van der Waals surface area contributed by atoms with Gasteiger partial charge in [0.2, 0.25) is 0 Å². The number of carbonyl (C=O) groups excluding carboxylic acids is 1. The third-order valence-electron chi connectivity index (χ3n) is 1.14. The van der Waals surface area contributed by atoms with Gasteiger partial charge in [-0.25, -0.2) is 4.79 Å². The lowest BCUT2D eigenvalue weighted by atomic mass is 10.2. The second-order valence-electron chi connectivity index (χ2n) is 1.84. The zero-order chi connectivity index (χ0) is 7.07. The van der Waals surface area contributed by atoms with Crippen LogP contribution in [-0.4, -0.2) is 39.8 Å². The smallest absolute Gasteiger partial charge is 0.369 e. The van der Waals surface area contributed by atoms with E-state index in [1.54, 1.807) is 0 Å². The molecular weight excluding hydrogens is 128 g/mol. The van der Waals surface area contributed by atoms with E-state index in [0.717, 1.165) is 0 Å². The molecule has 1 atom stereocenters. The number of esters is 1. The van der Waals surface area contributed by atoms with E-state index in [1.165, 1.54) is 0 Å². The van der Waals surface area contributed by atoms with E-state index in [2.05, 4.69) is 4.74 Å². The third-order valence-corrected chi connectivity index (χ3v) is 1.14. The van der Waals surface area contributed by atoms with Gasteiger partial charge in [0.25, 0.3) is 5.79 Å². The molecule has 1 rings (SSSR count). The third kappa shape index (κ3) is 0.787. The molecule has 1 fully saturated rings. The SMILES string of the molecule is O=C1OC[C@@H](O)C1(O)O. The van der Waals surface area contributed by atoms with E-state index in [-0.39, 0.29) is 6.61 Å². The van der Waals surface area contributed by atoms with Crippen LogP contribution in [0.2, 0.25) is 0 Å². The van der Waals surface area contributed by atoms with Crippen LogP contribution < -0.4 is 0 Å². The van der Waals surface area contributed by atoms with Crippen molar-refractivity contribution >= 4 is 5.97 Å². The van der Waals surface area contributed by atoms with E-state index in [1.807, 2.05) is 0 Å². The molecule has 1 saturated heterocycles. The molecule has 0 amide bonds. The minimum atomic E-state index is -2.69. The molecule has 3 N–H and O–H groups in total. The van der Waals surface area contributed by atoms with Crippen molar-refractivity contribution in [2.45, 2.75) is 11.9 Å². The van der Waals surface area contributed by atoms with Crippen LogP contribution in [0.3, 0.4) is 0 Å². The van der Waals surface area contributed by atoms with Gasteiger partial charge in [-0.05, 0) is 0 Å². The lowest BCUT2D eigenvalue weighted by Gasteiger charge is -2.11. The van der Waals surface area contributed by atoms with Crippen molar-refractivity contribution in [3.63, 3.8) is 0 Å². The first-order valence-corrected chi connectivity index (χ1v) is 2.35. The summed E-state index contributed by atoms with van der Waals surface area (Å²) in [4.78, 5) is 10.2. The molecular formula is C4H6O5. The molecule has 0 aromatic carbocycles. The second-order valence-corrected chi connectivity index (χ2v) is 1.84. The first-order valence-electron chi connectivity index (χ1n) is 2.35. The van der Waals surface area contributed by atoms with Gasteiger partial charge in [0, 0.05) is 0 Å². The number of rotatable bonds is 0. The molecule has 1 aliphatic heterocycles. The van der Waals surface area contributed by atoms with Crippen molar-refractivity contribution in [2.75, 3.05) is 6.61 Å². The van der Waals surface area contributed by atoms with Gasteiger partial charge < -0.3 is 20.1 Å². The summed E-state index contributed by atoms with van der Waals surface area (Å²) < 4.78 is 4.09. The van der Waals surface area contributed by atoms with E-state index < -0.39 is 17.9 Å². The summed E-state index contributed by atoms with van der Waals surface area (Å²) >= 11 is 0. The van der Waals surface area contributed by atoms with Gasteiger partial charge in [-0.1, -0.05) is 0 Å². The van der Waals surface area contributed by atoms with Gasteiger partial charge in [0.05, 0.1) is 0 Å². The van der Waals surface area contributed by atoms with Gasteiger partial charge in [-0.15, -0.1) is 0 Å². The van der Waals surface area contributed by atoms with Gasteiger partial charge >= 0.3 is 5.97 Å². The molecule has 0 aliphatic carbocycles. The molecule has 0 saturated carbocycles. The minimum Gasteiger partial charge on any atom is -0.459 e. The summed E-state index contributed by atoms with van der Waals surface area (Å²) in [6.07, 6.45) is -1.52. The lowest BCUT2D eigenvalue weighted by molar-refractivity contribution is -0.209. The molecule has 52 valence electrons. The molecule has 0 aromatic rings. The van der Waals surface area contributed by atoms with Crippen molar-refractivity contribution in [2.24, 2.45) is 0 Å². The number of cyclic esters (lactones) is 1. The quantitative estimate of drug-likeness (QED) is 0.253. The Labute approximate surface area is 50.5 Å². The average Bonchev–Trinajstić information content (AvgIpc) is 1.96. The summed E-state index contributed by atoms with van der Waals surface area (Å²) in [5, 5.41) is 25.7. The first kappa shape index (κ1) is 6.47. The topological polar surface area (TPSA) is 87.0 Å². The Balaban J connectivity index is 2.78. The van der Waals surface area contributed by atoms with E-state index >= 15 is 0 Å². The summed E-state index contributed by atoms with van der Waals surface area (Å²) in [6, 6.07) is 0. The Morgan fingerprint density at radius 2 is 2.22 bits per heavy atom. The van der Waals surface area contributed by atoms with Crippen molar-refractivity contribution in [3.8, 4) is 0 Å². The molecule has 1 aliphatic rings. The largest absolute Gasteiger partial charge is 0.459 e. The number of hydrogen-bond acceptors (Lipinski definition) is 5. The monoisotopic (exact) mass is 134 g/mol. The van der Waals surface area contributed by atoms with Gasteiger partial charge in [0.1, 0.15) is 6.61 Å². The highest BCUT2D eigenvalue weighted by Crippen LogP contribution is 2.16. The Hall–Kier alpha value is -0.650. The molecule has 0 spiro atoms. The van der Waals surface area contributed by atoms with Gasteiger partial charge in [-0.2, -0.15) is 0 Å². The molecule has 1 heterocycles. The van der Waals surface area contributed by atoms with Crippen LogP contribution in [-0.2, 0) is 9.53 Å². The number of ether oxygens (including phenoxy) is 1. The molecule has 9 heavy (non-hydrogen) atoms. The fourth-order valence-corrected chi connectivity index (χ4v) is 0.513. The van der Waals surface area contributed by atoms with Crippen LogP contribution in [0.5, 0.6) is 0 Å². The van der Waals surface area contributed by atoms with Gasteiger partial charge in [0.15, 0.2) is 6.10 Å². The van der Waals surface area contributed by atoms with Crippen LogP contribution in [0.4, 0.5) is 0 Å². The molecule has 0 unspecified atom stereocenters. The molecule has 5 heteroatoms. The maximum atomic E-state index is 10.2. The highest BCUT2D eigenvalue weighted by atomic mass is 16.6. The Kier molecular flexibility index (Phi) is 1.20. The predicted molar refractivity (Wildman–Crippen MR) is 24.1 cm³/mol. The van der Waals surface area contributed by atoms with Crippen LogP contribution in [0, 0.1) is 0 Å². The maximum absolute atomic E-state index is 10.2. The fourth-order valence-electron chi connectivity index (χ4n) is 0.513. The van der Waals surface area contributed by atoms with Crippen LogP contribution >= 0.6 is 0 Å². The summed E-state index contributed by atoms with van der Waals surface area (Å²) in [7, 11) is 0. The van der Waals surface area contributed by atoms with Crippen molar-refractivity contribution < 1.29 is 24.9 Å². The van der Waals surface area contributed by atoms with E-state index in [9.17, 15) is 4.79 Å². The maximum Gasteiger partial charge on any atom is 0.369 e. The van der Waals surface area contributed by atoms with Crippen LogP contribution in [0.1, 0.15) is 0 Å². The fraction of sp³-hybridized carbons (Fsp3) is 0.750. The zero-order valence-electron chi connectivity index (χ0n) is 4.44. The van der Waals surface area contributed by atoms with Crippen LogP contribution in [0.25, 0.3) is 0 Å². The van der Waals surface area contributed by atoms with E-state index in [0.29, 0.717) is 0 Å². The second kappa shape index (κ2) is 1.66. The Morgan fingerprint density at radius 1 is 1.67 bits per heavy atom. The zero-order valence-corrected chi connectivity index (χ0v) is 4.44. The summed E-state index contributed by atoms with van der Waals surface area (Å²) in [6.45, 7) is -0.355. The normalized spacial score (nSPS) is 32.3. The standard InChI is InChI=1S/C4H6O5/c5-2-1-9-3(6)4(2,7)8/h2,5,7-8H,1H2/t2-/m1/s1. The number of carbonyl (C=O) groups is 1. The predicted octanol–water partition coefficient (Wildman–Crippen LogP) is -2.42. The first-order chi connectivity index (χ1) is 4.05. The number of aliphatic hydroxyl groups is 3. The molecule has 0 radical (unpaired) electrons. The molecule has 5 nitrogen and oxygen atoms in total. The van der Waals surface area contributed by atoms with Crippen molar-refractivity contribution in [3.05, 3.63) is 0 Å². The van der Waals surface area contributed by atoms with E-state index in [4.69, 9.17) is 15.3 Å². The van der Waals surface area contributed by atoms with Crippen molar-refractivity contribution in [1.29, 1.82) is 0 Å². The summed E-state index contributed by atoms with van der Waals surface area (Å²) in [5.41, 5.74) is 0. The summed E-state index contributed by atoms with van der Waals surface area (Å²) in [5.74, 6) is -3.89. The van der Waals surface area contributed by atoms with Crippen molar-refractivity contribution in [1.82, 2.24) is 0 Å². The molecule has 0 aromatic heterocycles. The Morgan fingerprint density at radius 3 is 2.33 bits per heavy atom.